The van der Waals surface area contributed by atoms with Gasteiger partial charge in [0.05, 0.1) is 11.1 Å². The van der Waals surface area contributed by atoms with E-state index in [2.05, 4.69) is 0 Å². The average molecular weight is 301 g/mol. The first kappa shape index (κ1) is 14.4. The molecule has 0 aliphatic heterocycles. The number of halogens is 4. The Bertz CT molecular complexity index is 648. The second-order valence-corrected chi connectivity index (χ2v) is 4.51. The third-order valence-electron chi connectivity index (χ3n) is 2.73. The van der Waals surface area contributed by atoms with Crippen LogP contribution in [0.1, 0.15) is 15.9 Å². The van der Waals surface area contributed by atoms with Gasteiger partial charge < -0.3 is 5.11 Å². The minimum absolute atomic E-state index is 0.00370. The molecule has 0 spiro atoms. The van der Waals surface area contributed by atoms with Crippen molar-refractivity contribution in [1.29, 1.82) is 0 Å². The molecule has 0 amide bonds. The van der Waals surface area contributed by atoms with Crippen molar-refractivity contribution in [2.45, 2.75) is 6.18 Å². The van der Waals surface area contributed by atoms with Crippen molar-refractivity contribution in [2.75, 3.05) is 0 Å². The lowest BCUT2D eigenvalue weighted by Crippen LogP contribution is -2.07. The number of rotatable bonds is 2. The summed E-state index contributed by atoms with van der Waals surface area (Å²) in [5.41, 5.74) is -0.727. The minimum atomic E-state index is -4.53. The van der Waals surface area contributed by atoms with Crippen LogP contribution in [0.3, 0.4) is 0 Å². The predicted octanol–water partition coefficient (Wildman–Crippen LogP) is 4.72. The van der Waals surface area contributed by atoms with Crippen LogP contribution >= 0.6 is 11.6 Å². The largest absolute Gasteiger partial charge is 0.478 e. The Labute approximate surface area is 117 Å². The van der Waals surface area contributed by atoms with Gasteiger partial charge in [-0.1, -0.05) is 23.7 Å². The van der Waals surface area contributed by atoms with Gasteiger partial charge in [0, 0.05) is 5.02 Å². The van der Waals surface area contributed by atoms with Gasteiger partial charge in [0.1, 0.15) is 0 Å². The van der Waals surface area contributed by atoms with Crippen molar-refractivity contribution in [3.63, 3.8) is 0 Å². The molecule has 0 aliphatic carbocycles. The number of carboxylic acid groups (broad SMARTS) is 1. The van der Waals surface area contributed by atoms with Crippen LogP contribution in [-0.4, -0.2) is 11.1 Å². The summed E-state index contributed by atoms with van der Waals surface area (Å²) in [7, 11) is 0. The van der Waals surface area contributed by atoms with Crippen LogP contribution in [0.5, 0.6) is 0 Å². The van der Waals surface area contributed by atoms with E-state index in [0.29, 0.717) is 10.6 Å². The minimum Gasteiger partial charge on any atom is -0.478 e. The molecule has 1 N–H and O–H groups in total. The van der Waals surface area contributed by atoms with E-state index in [1.807, 2.05) is 0 Å². The number of carbonyl (C=O) groups is 1. The van der Waals surface area contributed by atoms with Crippen LogP contribution in [0.25, 0.3) is 11.1 Å². The zero-order chi connectivity index (χ0) is 14.9. The molecule has 2 aromatic carbocycles. The lowest BCUT2D eigenvalue weighted by molar-refractivity contribution is -0.137. The molecule has 0 saturated heterocycles. The molecular weight excluding hydrogens is 293 g/mol. The van der Waals surface area contributed by atoms with Crippen LogP contribution in [-0.2, 0) is 6.18 Å². The third-order valence-corrected chi connectivity index (χ3v) is 2.98. The molecule has 0 aromatic heterocycles. The first-order chi connectivity index (χ1) is 9.29. The molecule has 0 fully saturated rings. The second kappa shape index (κ2) is 5.17. The lowest BCUT2D eigenvalue weighted by Gasteiger charge is -2.12. The summed E-state index contributed by atoms with van der Waals surface area (Å²) in [6.45, 7) is 0. The van der Waals surface area contributed by atoms with E-state index in [1.165, 1.54) is 24.3 Å². The monoisotopic (exact) mass is 300 g/mol. The molecule has 2 aromatic rings. The maximum Gasteiger partial charge on any atom is 0.416 e. The smallest absolute Gasteiger partial charge is 0.416 e. The van der Waals surface area contributed by atoms with E-state index in [9.17, 15) is 18.0 Å². The molecule has 0 saturated carbocycles. The molecule has 20 heavy (non-hydrogen) atoms. The molecule has 0 bridgehead atoms. The van der Waals surface area contributed by atoms with Gasteiger partial charge >= 0.3 is 12.1 Å². The molecule has 0 unspecified atom stereocenters. The first-order valence-electron chi connectivity index (χ1n) is 5.49. The van der Waals surface area contributed by atoms with Crippen LogP contribution in [0.2, 0.25) is 5.02 Å². The van der Waals surface area contributed by atoms with Crippen molar-refractivity contribution >= 4 is 17.6 Å². The Hall–Kier alpha value is -2.01. The Morgan fingerprint density at radius 3 is 2.15 bits per heavy atom. The van der Waals surface area contributed by atoms with Gasteiger partial charge in [-0.15, -0.1) is 0 Å². The summed E-state index contributed by atoms with van der Waals surface area (Å²) in [5.74, 6) is -1.29. The fraction of sp³-hybridized carbons (Fsp3) is 0.0714. The summed E-state index contributed by atoms with van der Waals surface area (Å²) in [6.07, 6.45) is -4.53. The standard InChI is InChI=1S/C14H8ClF3O2/c15-10-4-1-8(2-5-10)12-7-9(14(16,17)18)3-6-11(12)13(19)20/h1-7H,(H,19,20). The van der Waals surface area contributed by atoms with Gasteiger partial charge in [-0.25, -0.2) is 4.79 Å². The summed E-state index contributed by atoms with van der Waals surface area (Å²) in [4.78, 5) is 11.1. The zero-order valence-electron chi connectivity index (χ0n) is 9.91. The summed E-state index contributed by atoms with van der Waals surface area (Å²) in [5, 5.41) is 9.48. The highest BCUT2D eigenvalue weighted by Crippen LogP contribution is 2.34. The number of carboxylic acids is 1. The maximum absolute atomic E-state index is 12.7. The van der Waals surface area contributed by atoms with E-state index in [-0.39, 0.29) is 11.1 Å². The quantitative estimate of drug-likeness (QED) is 0.871. The lowest BCUT2D eigenvalue weighted by atomic mass is 9.97. The van der Waals surface area contributed by atoms with Gasteiger partial charge in [-0.3, -0.25) is 0 Å². The van der Waals surface area contributed by atoms with Crippen molar-refractivity contribution in [2.24, 2.45) is 0 Å². The highest BCUT2D eigenvalue weighted by atomic mass is 35.5. The zero-order valence-corrected chi connectivity index (χ0v) is 10.7. The summed E-state index contributed by atoms with van der Waals surface area (Å²) < 4.78 is 38.1. The van der Waals surface area contributed by atoms with Crippen LogP contribution in [0.15, 0.2) is 42.5 Å². The number of benzene rings is 2. The van der Waals surface area contributed by atoms with Gasteiger partial charge in [-0.2, -0.15) is 13.2 Å². The Morgan fingerprint density at radius 1 is 1.05 bits per heavy atom. The average Bonchev–Trinajstić information content (AvgIpc) is 2.37. The van der Waals surface area contributed by atoms with Gasteiger partial charge in [-0.05, 0) is 41.5 Å². The van der Waals surface area contributed by atoms with Crippen LogP contribution < -0.4 is 0 Å². The van der Waals surface area contributed by atoms with Gasteiger partial charge in [0.25, 0.3) is 0 Å². The van der Waals surface area contributed by atoms with Gasteiger partial charge in [0.15, 0.2) is 0 Å². The fourth-order valence-electron chi connectivity index (χ4n) is 1.78. The van der Waals surface area contributed by atoms with Crippen molar-refractivity contribution in [3.8, 4) is 11.1 Å². The van der Waals surface area contributed by atoms with Crippen molar-refractivity contribution in [3.05, 3.63) is 58.6 Å². The highest BCUT2D eigenvalue weighted by molar-refractivity contribution is 6.30. The normalized spacial score (nSPS) is 11.4. The van der Waals surface area contributed by atoms with Crippen molar-refractivity contribution in [1.82, 2.24) is 0 Å². The molecule has 2 rings (SSSR count). The Morgan fingerprint density at radius 2 is 1.65 bits per heavy atom. The molecule has 0 radical (unpaired) electrons. The third kappa shape index (κ3) is 2.93. The summed E-state index contributed by atoms with van der Waals surface area (Å²) in [6, 6.07) is 8.46. The van der Waals surface area contributed by atoms with Gasteiger partial charge in [0.2, 0.25) is 0 Å². The topological polar surface area (TPSA) is 37.3 Å². The molecule has 2 nitrogen and oxygen atoms in total. The number of hydrogen-bond donors (Lipinski definition) is 1. The van der Waals surface area contributed by atoms with Crippen molar-refractivity contribution < 1.29 is 23.1 Å². The van der Waals surface area contributed by atoms with E-state index < -0.39 is 17.7 Å². The maximum atomic E-state index is 12.7. The number of hydrogen-bond acceptors (Lipinski definition) is 1. The fourth-order valence-corrected chi connectivity index (χ4v) is 1.90. The van der Waals surface area contributed by atoms with Crippen LogP contribution in [0, 0.1) is 0 Å². The molecule has 104 valence electrons. The highest BCUT2D eigenvalue weighted by Gasteiger charge is 2.31. The van der Waals surface area contributed by atoms with E-state index in [4.69, 9.17) is 16.7 Å². The van der Waals surface area contributed by atoms with E-state index >= 15 is 0 Å². The molecule has 6 heteroatoms. The second-order valence-electron chi connectivity index (χ2n) is 4.07. The molecular formula is C14H8ClF3O2. The predicted molar refractivity (Wildman–Crippen MR) is 68.8 cm³/mol. The molecule has 0 aliphatic rings. The molecule has 0 atom stereocenters. The Balaban J connectivity index is 2.64. The number of aromatic carboxylic acids is 1. The van der Waals surface area contributed by atoms with Crippen LogP contribution in [0.4, 0.5) is 13.2 Å². The molecule has 0 heterocycles. The Kier molecular flexibility index (Phi) is 3.72. The number of alkyl halides is 3. The van der Waals surface area contributed by atoms with E-state index in [1.54, 1.807) is 0 Å². The summed E-state index contributed by atoms with van der Waals surface area (Å²) >= 11 is 5.71. The van der Waals surface area contributed by atoms with E-state index in [0.717, 1.165) is 18.2 Å². The first-order valence-corrected chi connectivity index (χ1v) is 5.87. The SMILES string of the molecule is O=C(O)c1ccc(C(F)(F)F)cc1-c1ccc(Cl)cc1.